The molecule has 1 aromatic carbocycles. The topological polar surface area (TPSA) is 73.0 Å². The smallest absolute Gasteiger partial charge is 0.290 e. The zero-order chi connectivity index (χ0) is 16.5. The maximum atomic E-state index is 13.3. The summed E-state index contributed by atoms with van der Waals surface area (Å²) < 4.78 is 20.4. The van der Waals surface area contributed by atoms with E-state index in [0.717, 1.165) is 18.7 Å². The molecule has 1 aliphatic heterocycles. The van der Waals surface area contributed by atoms with E-state index < -0.39 is 0 Å². The number of hydrogen-bond acceptors (Lipinski definition) is 4. The first-order valence-corrected chi connectivity index (χ1v) is 7.72. The van der Waals surface area contributed by atoms with Crippen molar-refractivity contribution in [3.8, 4) is 11.3 Å². The third kappa shape index (κ3) is 2.80. The van der Waals surface area contributed by atoms with E-state index >= 15 is 0 Å². The second-order valence-corrected chi connectivity index (χ2v) is 5.79. The summed E-state index contributed by atoms with van der Waals surface area (Å²) in [4.78, 5) is 16.6. The molecule has 7 heteroatoms. The van der Waals surface area contributed by atoms with Crippen LogP contribution in [0.2, 0.25) is 0 Å². The summed E-state index contributed by atoms with van der Waals surface area (Å²) in [6.07, 6.45) is 5.32. The Kier molecular flexibility index (Phi) is 3.60. The van der Waals surface area contributed by atoms with Crippen LogP contribution in [0.15, 0.2) is 47.2 Å². The molecule has 4 rings (SSSR count). The number of carbonyl (C=O) groups excluding carboxylic acids is 1. The van der Waals surface area contributed by atoms with Crippen LogP contribution < -0.4 is 5.32 Å². The number of amides is 1. The maximum Gasteiger partial charge on any atom is 0.290 e. The van der Waals surface area contributed by atoms with E-state index in [1.165, 1.54) is 18.2 Å². The highest BCUT2D eigenvalue weighted by Gasteiger charge is 2.22. The summed E-state index contributed by atoms with van der Waals surface area (Å²) in [6.45, 7) is 0.686. The Labute approximate surface area is 137 Å². The monoisotopic (exact) mass is 326 g/mol. The van der Waals surface area contributed by atoms with Gasteiger partial charge in [0.1, 0.15) is 17.3 Å². The molecule has 122 valence electrons. The van der Waals surface area contributed by atoms with Gasteiger partial charge in [0.05, 0.1) is 0 Å². The molecule has 1 atom stereocenters. The van der Waals surface area contributed by atoms with E-state index in [2.05, 4.69) is 15.5 Å². The Morgan fingerprint density at radius 3 is 3.17 bits per heavy atom. The molecule has 2 aromatic heterocycles. The van der Waals surface area contributed by atoms with E-state index in [0.29, 0.717) is 17.8 Å². The van der Waals surface area contributed by atoms with Gasteiger partial charge in [-0.25, -0.2) is 9.37 Å². The molecule has 1 N–H and O–H groups in total. The molecule has 0 radical (unpaired) electrons. The summed E-state index contributed by atoms with van der Waals surface area (Å²) in [6, 6.07) is 7.54. The van der Waals surface area contributed by atoms with Gasteiger partial charge in [0, 0.05) is 43.0 Å². The quantitative estimate of drug-likeness (QED) is 0.802. The molecule has 6 nitrogen and oxygen atoms in total. The van der Waals surface area contributed by atoms with E-state index in [1.54, 1.807) is 18.3 Å². The molecule has 0 spiro atoms. The minimum atomic E-state index is -0.361. The minimum Gasteiger partial charge on any atom is -0.350 e. The predicted molar refractivity (Wildman–Crippen MR) is 83.7 cm³/mol. The van der Waals surface area contributed by atoms with Gasteiger partial charge in [-0.3, -0.25) is 4.79 Å². The molecule has 0 fully saturated rings. The number of aryl methyl sites for hydroxylation is 1. The summed E-state index contributed by atoms with van der Waals surface area (Å²) in [7, 11) is 0. The van der Waals surface area contributed by atoms with Crippen LogP contribution in [0.25, 0.3) is 11.3 Å². The van der Waals surface area contributed by atoms with E-state index in [9.17, 15) is 9.18 Å². The second-order valence-electron chi connectivity index (χ2n) is 5.79. The van der Waals surface area contributed by atoms with Gasteiger partial charge in [0.25, 0.3) is 5.91 Å². The van der Waals surface area contributed by atoms with Crippen LogP contribution in [0.5, 0.6) is 0 Å². The lowest BCUT2D eigenvalue weighted by atomic mass is 10.1. The van der Waals surface area contributed by atoms with Gasteiger partial charge in [0.15, 0.2) is 0 Å². The fourth-order valence-electron chi connectivity index (χ4n) is 2.91. The lowest BCUT2D eigenvalue weighted by Crippen LogP contribution is -2.40. The molecule has 1 amide bonds. The second kappa shape index (κ2) is 5.92. The number of carbonyl (C=O) groups is 1. The van der Waals surface area contributed by atoms with Crippen molar-refractivity contribution in [3.05, 3.63) is 60.1 Å². The van der Waals surface area contributed by atoms with Gasteiger partial charge in [-0.15, -0.1) is 0 Å². The first-order chi connectivity index (χ1) is 11.7. The number of hydrogen-bond donors (Lipinski definition) is 1. The van der Waals surface area contributed by atoms with Crippen molar-refractivity contribution in [2.45, 2.75) is 25.4 Å². The van der Waals surface area contributed by atoms with Crippen LogP contribution in [0.1, 0.15) is 22.8 Å². The Hall–Kier alpha value is -2.96. The summed E-state index contributed by atoms with van der Waals surface area (Å²) in [5, 5.41) is 6.80. The van der Waals surface area contributed by atoms with Crippen LogP contribution in [0.3, 0.4) is 0 Å². The van der Waals surface area contributed by atoms with Gasteiger partial charge in [-0.1, -0.05) is 17.3 Å². The standard InChI is InChI=1S/C17H15FN4O2/c18-12-3-1-2-11(8-12)14-9-15(24-21-14)17(23)20-13-4-5-16-19-6-7-22(16)10-13/h1-3,6-9,13H,4-5,10H2,(H,20,23)/t13-/m1/s1. The van der Waals surface area contributed by atoms with E-state index in [4.69, 9.17) is 4.52 Å². The zero-order valence-electron chi connectivity index (χ0n) is 12.8. The number of imidazole rings is 1. The average Bonchev–Trinajstić information content (AvgIpc) is 3.24. The maximum absolute atomic E-state index is 13.3. The number of halogens is 1. The lowest BCUT2D eigenvalue weighted by Gasteiger charge is -2.24. The van der Waals surface area contributed by atoms with Crippen LogP contribution >= 0.6 is 0 Å². The molecule has 24 heavy (non-hydrogen) atoms. The van der Waals surface area contributed by atoms with Crippen molar-refractivity contribution in [2.24, 2.45) is 0 Å². The summed E-state index contributed by atoms with van der Waals surface area (Å²) >= 11 is 0. The number of fused-ring (bicyclic) bond motifs is 1. The number of nitrogens with zero attached hydrogens (tertiary/aromatic N) is 3. The Morgan fingerprint density at radius 2 is 2.29 bits per heavy atom. The van der Waals surface area contributed by atoms with Gasteiger partial charge in [-0.05, 0) is 18.6 Å². The molecule has 0 saturated heterocycles. The molecule has 0 bridgehead atoms. The third-order valence-corrected chi connectivity index (χ3v) is 4.12. The first-order valence-electron chi connectivity index (χ1n) is 7.72. The molecular weight excluding hydrogens is 311 g/mol. The fraction of sp³-hybridized carbons (Fsp3) is 0.235. The highest BCUT2D eigenvalue weighted by atomic mass is 19.1. The molecule has 0 saturated carbocycles. The van der Waals surface area contributed by atoms with Crippen molar-refractivity contribution in [3.63, 3.8) is 0 Å². The lowest BCUT2D eigenvalue weighted by molar-refractivity contribution is 0.0890. The van der Waals surface area contributed by atoms with Crippen LogP contribution in [0, 0.1) is 5.82 Å². The largest absolute Gasteiger partial charge is 0.350 e. The van der Waals surface area contributed by atoms with Crippen molar-refractivity contribution in [2.75, 3.05) is 0 Å². The fourth-order valence-corrected chi connectivity index (χ4v) is 2.91. The summed E-state index contributed by atoms with van der Waals surface area (Å²) in [5.41, 5.74) is 0.999. The molecule has 3 aromatic rings. The zero-order valence-corrected chi connectivity index (χ0v) is 12.8. The van der Waals surface area contributed by atoms with Crippen molar-refractivity contribution >= 4 is 5.91 Å². The average molecular weight is 326 g/mol. The molecule has 0 aliphatic carbocycles. The van der Waals surface area contributed by atoms with Crippen LogP contribution in [0.4, 0.5) is 4.39 Å². The van der Waals surface area contributed by atoms with E-state index in [-0.39, 0.29) is 23.5 Å². The number of aromatic nitrogens is 3. The van der Waals surface area contributed by atoms with Crippen molar-refractivity contribution in [1.82, 2.24) is 20.0 Å². The van der Waals surface area contributed by atoms with Crippen LogP contribution in [-0.4, -0.2) is 26.7 Å². The van der Waals surface area contributed by atoms with Crippen LogP contribution in [-0.2, 0) is 13.0 Å². The Bertz CT molecular complexity index is 886. The third-order valence-electron chi connectivity index (χ3n) is 4.12. The molecule has 1 aliphatic rings. The first kappa shape index (κ1) is 14.6. The highest BCUT2D eigenvalue weighted by Crippen LogP contribution is 2.20. The van der Waals surface area contributed by atoms with Gasteiger partial charge in [0.2, 0.25) is 5.76 Å². The van der Waals surface area contributed by atoms with Gasteiger partial charge in [-0.2, -0.15) is 0 Å². The van der Waals surface area contributed by atoms with Gasteiger partial charge < -0.3 is 14.4 Å². The normalized spacial score (nSPS) is 16.6. The Morgan fingerprint density at radius 1 is 1.38 bits per heavy atom. The minimum absolute atomic E-state index is 0.0157. The molecular formula is C17H15FN4O2. The number of nitrogens with one attached hydrogen (secondary N) is 1. The SMILES string of the molecule is O=C(N[C@@H]1CCc2nccn2C1)c1cc(-c2cccc(F)c2)no1. The van der Waals surface area contributed by atoms with Gasteiger partial charge >= 0.3 is 0 Å². The molecule has 0 unspecified atom stereocenters. The van der Waals surface area contributed by atoms with Crippen molar-refractivity contribution < 1.29 is 13.7 Å². The molecule has 3 heterocycles. The van der Waals surface area contributed by atoms with E-state index in [1.807, 2.05) is 10.8 Å². The Balaban J connectivity index is 1.46. The summed E-state index contributed by atoms with van der Waals surface area (Å²) in [5.74, 6) is 0.470. The number of rotatable bonds is 3. The highest BCUT2D eigenvalue weighted by molar-refractivity contribution is 5.92. The predicted octanol–water partition coefficient (Wildman–Crippen LogP) is 2.42. The van der Waals surface area contributed by atoms with Crippen molar-refractivity contribution in [1.29, 1.82) is 0 Å². The number of benzene rings is 1.